The van der Waals surface area contributed by atoms with Crippen molar-refractivity contribution < 1.29 is 9.90 Å². The van der Waals surface area contributed by atoms with Gasteiger partial charge in [-0.2, -0.15) is 0 Å². The van der Waals surface area contributed by atoms with E-state index in [4.69, 9.17) is 5.11 Å². The summed E-state index contributed by atoms with van der Waals surface area (Å²) in [6, 6.07) is 5.45. The van der Waals surface area contributed by atoms with Crippen LogP contribution < -0.4 is 5.32 Å². The van der Waals surface area contributed by atoms with E-state index in [1.165, 1.54) is 25.7 Å². The summed E-state index contributed by atoms with van der Waals surface area (Å²) in [4.78, 5) is 10.9. The van der Waals surface area contributed by atoms with Gasteiger partial charge in [0.15, 0.2) is 0 Å². The van der Waals surface area contributed by atoms with Crippen molar-refractivity contribution in [1.82, 2.24) is 0 Å². The summed E-state index contributed by atoms with van der Waals surface area (Å²) in [6.07, 6.45) is 5.22. The SMILES string of the molecule is Cc1cc(NCC2(C)CCCC2)ccc1C(=O)O. The lowest BCUT2D eigenvalue weighted by Crippen LogP contribution is -2.23. The van der Waals surface area contributed by atoms with Crippen LogP contribution in [0.3, 0.4) is 0 Å². The van der Waals surface area contributed by atoms with Gasteiger partial charge in [0.2, 0.25) is 0 Å². The highest BCUT2D eigenvalue weighted by atomic mass is 16.4. The summed E-state index contributed by atoms with van der Waals surface area (Å²) in [5, 5.41) is 12.4. The van der Waals surface area contributed by atoms with E-state index in [0.29, 0.717) is 11.0 Å². The highest BCUT2D eigenvalue weighted by Crippen LogP contribution is 2.37. The first-order chi connectivity index (χ1) is 8.50. The molecule has 0 aromatic heterocycles. The highest BCUT2D eigenvalue weighted by molar-refractivity contribution is 5.89. The lowest BCUT2D eigenvalue weighted by atomic mass is 9.89. The van der Waals surface area contributed by atoms with Crippen molar-refractivity contribution in [2.75, 3.05) is 11.9 Å². The molecule has 0 bridgehead atoms. The van der Waals surface area contributed by atoms with Crippen molar-refractivity contribution in [3.05, 3.63) is 29.3 Å². The molecule has 0 heterocycles. The summed E-state index contributed by atoms with van der Waals surface area (Å²) in [6.45, 7) is 5.14. The topological polar surface area (TPSA) is 49.3 Å². The molecule has 0 aliphatic heterocycles. The third-order valence-corrected chi connectivity index (χ3v) is 3.99. The molecule has 1 aliphatic carbocycles. The molecule has 2 N–H and O–H groups in total. The molecule has 0 saturated heterocycles. The number of benzene rings is 1. The Kier molecular flexibility index (Phi) is 3.60. The van der Waals surface area contributed by atoms with Crippen molar-refractivity contribution in [3.63, 3.8) is 0 Å². The summed E-state index contributed by atoms with van der Waals surface area (Å²) in [7, 11) is 0. The Labute approximate surface area is 108 Å². The molecule has 1 fully saturated rings. The van der Waals surface area contributed by atoms with Gasteiger partial charge in [-0.3, -0.25) is 0 Å². The largest absolute Gasteiger partial charge is 0.478 e. The van der Waals surface area contributed by atoms with Crippen molar-refractivity contribution >= 4 is 11.7 Å². The van der Waals surface area contributed by atoms with Gasteiger partial charge in [0.25, 0.3) is 0 Å². The van der Waals surface area contributed by atoms with Crippen LogP contribution in [0.2, 0.25) is 0 Å². The first kappa shape index (κ1) is 12.9. The Hall–Kier alpha value is -1.51. The minimum Gasteiger partial charge on any atom is -0.478 e. The number of anilines is 1. The Morgan fingerprint density at radius 3 is 2.61 bits per heavy atom. The number of rotatable bonds is 4. The number of hydrogen-bond donors (Lipinski definition) is 2. The number of aromatic carboxylic acids is 1. The Balaban J connectivity index is 2.02. The van der Waals surface area contributed by atoms with Crippen LogP contribution in [-0.4, -0.2) is 17.6 Å². The fraction of sp³-hybridized carbons (Fsp3) is 0.533. The van der Waals surface area contributed by atoms with E-state index in [2.05, 4.69) is 12.2 Å². The maximum atomic E-state index is 10.9. The Morgan fingerprint density at radius 2 is 2.06 bits per heavy atom. The quantitative estimate of drug-likeness (QED) is 0.853. The molecule has 0 radical (unpaired) electrons. The van der Waals surface area contributed by atoms with Crippen molar-refractivity contribution in [2.45, 2.75) is 39.5 Å². The van der Waals surface area contributed by atoms with E-state index in [1.54, 1.807) is 6.07 Å². The predicted molar refractivity (Wildman–Crippen MR) is 73.2 cm³/mol. The number of hydrogen-bond acceptors (Lipinski definition) is 2. The zero-order valence-electron chi connectivity index (χ0n) is 11.1. The maximum Gasteiger partial charge on any atom is 0.335 e. The van der Waals surface area contributed by atoms with E-state index in [0.717, 1.165) is 17.8 Å². The third-order valence-electron chi connectivity index (χ3n) is 3.99. The first-order valence-corrected chi connectivity index (χ1v) is 6.58. The van der Waals surface area contributed by atoms with Crippen LogP contribution in [0.5, 0.6) is 0 Å². The maximum absolute atomic E-state index is 10.9. The molecular weight excluding hydrogens is 226 g/mol. The fourth-order valence-corrected chi connectivity index (χ4v) is 2.73. The summed E-state index contributed by atoms with van der Waals surface area (Å²) in [5.74, 6) is -0.859. The van der Waals surface area contributed by atoms with Crippen LogP contribution in [0.25, 0.3) is 0 Å². The summed E-state index contributed by atoms with van der Waals surface area (Å²) >= 11 is 0. The van der Waals surface area contributed by atoms with Crippen molar-refractivity contribution in [3.8, 4) is 0 Å². The molecule has 0 amide bonds. The van der Waals surface area contributed by atoms with Crippen LogP contribution in [0.4, 0.5) is 5.69 Å². The molecule has 3 nitrogen and oxygen atoms in total. The molecule has 1 aromatic rings. The Morgan fingerprint density at radius 1 is 1.39 bits per heavy atom. The number of carboxylic acids is 1. The van der Waals surface area contributed by atoms with Gasteiger partial charge >= 0.3 is 5.97 Å². The lowest BCUT2D eigenvalue weighted by molar-refractivity contribution is 0.0696. The average Bonchev–Trinajstić information content (AvgIpc) is 2.74. The number of carboxylic acid groups (broad SMARTS) is 1. The van der Waals surface area contributed by atoms with Gasteiger partial charge in [0, 0.05) is 12.2 Å². The van der Waals surface area contributed by atoms with Crippen LogP contribution >= 0.6 is 0 Å². The second kappa shape index (κ2) is 5.01. The monoisotopic (exact) mass is 247 g/mol. The molecule has 0 atom stereocenters. The first-order valence-electron chi connectivity index (χ1n) is 6.58. The smallest absolute Gasteiger partial charge is 0.335 e. The lowest BCUT2D eigenvalue weighted by Gasteiger charge is -2.24. The minimum absolute atomic E-state index is 0.382. The minimum atomic E-state index is -0.859. The molecule has 1 aromatic carbocycles. The standard InChI is InChI=1S/C15H21NO2/c1-11-9-12(5-6-13(11)14(17)18)16-10-15(2)7-3-4-8-15/h5-6,9,16H,3-4,7-8,10H2,1-2H3,(H,17,18). The van der Waals surface area contributed by atoms with Gasteiger partial charge in [0.1, 0.15) is 0 Å². The Bertz CT molecular complexity index is 448. The van der Waals surface area contributed by atoms with Gasteiger partial charge in [0.05, 0.1) is 5.56 Å². The fourth-order valence-electron chi connectivity index (χ4n) is 2.73. The second-order valence-corrected chi connectivity index (χ2v) is 5.71. The molecule has 3 heteroatoms. The molecule has 1 aliphatic rings. The molecule has 2 rings (SSSR count). The van der Waals surface area contributed by atoms with Gasteiger partial charge in [-0.1, -0.05) is 19.8 Å². The van der Waals surface area contributed by atoms with Crippen LogP contribution in [-0.2, 0) is 0 Å². The molecule has 1 saturated carbocycles. The van der Waals surface area contributed by atoms with Gasteiger partial charge in [-0.15, -0.1) is 0 Å². The van der Waals surface area contributed by atoms with Crippen molar-refractivity contribution in [1.29, 1.82) is 0 Å². The second-order valence-electron chi connectivity index (χ2n) is 5.71. The zero-order valence-corrected chi connectivity index (χ0v) is 11.1. The highest BCUT2D eigenvalue weighted by Gasteiger charge is 2.28. The van der Waals surface area contributed by atoms with Crippen LogP contribution in [0, 0.1) is 12.3 Å². The predicted octanol–water partition coefficient (Wildman–Crippen LogP) is 3.69. The van der Waals surface area contributed by atoms with E-state index < -0.39 is 5.97 Å². The zero-order chi connectivity index (χ0) is 13.2. The number of nitrogens with one attached hydrogen (secondary N) is 1. The van der Waals surface area contributed by atoms with Crippen LogP contribution in [0.1, 0.15) is 48.5 Å². The molecule has 98 valence electrons. The third kappa shape index (κ3) is 2.84. The van der Waals surface area contributed by atoms with Gasteiger partial charge in [-0.25, -0.2) is 4.79 Å². The summed E-state index contributed by atoms with van der Waals surface area (Å²) in [5.41, 5.74) is 2.61. The molecule has 0 spiro atoms. The van der Waals surface area contributed by atoms with Gasteiger partial charge < -0.3 is 10.4 Å². The molecule has 18 heavy (non-hydrogen) atoms. The normalized spacial score (nSPS) is 17.7. The van der Waals surface area contributed by atoms with E-state index in [1.807, 2.05) is 19.1 Å². The van der Waals surface area contributed by atoms with Crippen LogP contribution in [0.15, 0.2) is 18.2 Å². The number of carbonyl (C=O) groups is 1. The van der Waals surface area contributed by atoms with E-state index >= 15 is 0 Å². The molecule has 0 unspecified atom stereocenters. The van der Waals surface area contributed by atoms with Crippen molar-refractivity contribution in [2.24, 2.45) is 5.41 Å². The average molecular weight is 247 g/mol. The van der Waals surface area contributed by atoms with E-state index in [-0.39, 0.29) is 0 Å². The summed E-state index contributed by atoms with van der Waals surface area (Å²) < 4.78 is 0. The number of aryl methyl sites for hydroxylation is 1. The van der Waals surface area contributed by atoms with Gasteiger partial charge in [-0.05, 0) is 48.9 Å². The van der Waals surface area contributed by atoms with E-state index in [9.17, 15) is 4.79 Å². The molecular formula is C15H21NO2.